The van der Waals surface area contributed by atoms with E-state index < -0.39 is 48.3 Å². The molecular weight excluding hydrogens is 617 g/mol. The first-order valence-corrected chi connectivity index (χ1v) is 14.3. The van der Waals surface area contributed by atoms with Gasteiger partial charge in [0.25, 0.3) is 11.8 Å². The number of hydrogen-bond acceptors (Lipinski definition) is 5. The van der Waals surface area contributed by atoms with Crippen LogP contribution in [0.1, 0.15) is 74.5 Å². The van der Waals surface area contributed by atoms with Crippen molar-refractivity contribution in [2.45, 2.75) is 94.9 Å². The number of alkyl halides is 7. The highest BCUT2D eigenvalue weighted by molar-refractivity contribution is 5.94. The van der Waals surface area contributed by atoms with E-state index in [0.29, 0.717) is 5.69 Å². The maximum absolute atomic E-state index is 14.5. The van der Waals surface area contributed by atoms with Crippen LogP contribution in [0.25, 0.3) is 11.3 Å². The number of carboxylic acid groups (broad SMARTS) is 2. The number of aromatic nitrogens is 2. The zero-order valence-corrected chi connectivity index (χ0v) is 24.5. The van der Waals surface area contributed by atoms with Crippen molar-refractivity contribution < 1.29 is 55.3 Å². The number of likely N-dealkylation sites (tertiary alicyclic amines) is 1. The van der Waals surface area contributed by atoms with Gasteiger partial charge in [-0.25, -0.2) is 22.4 Å². The topological polar surface area (TPSA) is 125 Å². The van der Waals surface area contributed by atoms with E-state index in [9.17, 15) is 45.4 Å². The number of carboxylic acids is 2. The molecule has 45 heavy (non-hydrogen) atoms. The summed E-state index contributed by atoms with van der Waals surface area (Å²) >= 11 is 0. The average molecular weight is 653 g/mol. The Hall–Kier alpha value is -3.69. The van der Waals surface area contributed by atoms with Crippen LogP contribution in [-0.4, -0.2) is 86.4 Å². The molecule has 1 amide bonds. The normalized spacial score (nSPS) is 20.7. The zero-order valence-electron chi connectivity index (χ0n) is 24.5. The minimum atomic E-state index is -5.08. The summed E-state index contributed by atoms with van der Waals surface area (Å²) in [5, 5.41) is 23.7. The molecule has 1 unspecified atom stereocenters. The van der Waals surface area contributed by atoms with Gasteiger partial charge in [-0.2, -0.15) is 18.3 Å². The number of rotatable bonds is 10. The van der Waals surface area contributed by atoms with Gasteiger partial charge in [0.1, 0.15) is 12.3 Å². The molecule has 0 radical (unpaired) electrons. The van der Waals surface area contributed by atoms with Gasteiger partial charge in [-0.3, -0.25) is 19.2 Å². The molecule has 1 aliphatic heterocycles. The molecule has 4 atom stereocenters. The second-order valence-electron chi connectivity index (χ2n) is 11.4. The van der Waals surface area contributed by atoms with Crippen molar-refractivity contribution in [1.82, 2.24) is 20.0 Å². The Morgan fingerprint density at radius 2 is 1.58 bits per heavy atom. The molecule has 2 aliphatic rings. The van der Waals surface area contributed by atoms with E-state index in [0.717, 1.165) is 32.6 Å². The lowest BCUT2D eigenvalue weighted by molar-refractivity contribution is -0.192. The molecule has 1 saturated carbocycles. The van der Waals surface area contributed by atoms with Crippen molar-refractivity contribution in [3.63, 3.8) is 0 Å². The SMILES string of the molecule is CC(C[C@@H](CC(=O)O)NC(=O)c1cc(-c2ccccc2C(C)(F)F)n(C2CCCC2)n1)N1C[C@@H](F)[C@H](F)C1.O=C(O)C(F)(F)F. The number of carbonyl (C=O) groups is 3. The summed E-state index contributed by atoms with van der Waals surface area (Å²) in [7, 11) is 0. The molecule has 3 N–H and O–H groups in total. The Morgan fingerprint density at radius 1 is 1.02 bits per heavy atom. The highest BCUT2D eigenvalue weighted by atomic mass is 19.4. The second-order valence-corrected chi connectivity index (χ2v) is 11.4. The number of aliphatic carboxylic acids is 2. The molecule has 0 spiro atoms. The Bertz CT molecular complexity index is 1330. The molecule has 1 aromatic heterocycles. The minimum Gasteiger partial charge on any atom is -0.481 e. The van der Waals surface area contributed by atoms with Crippen LogP contribution in [0.2, 0.25) is 0 Å². The van der Waals surface area contributed by atoms with Crippen molar-refractivity contribution in [2.24, 2.45) is 0 Å². The van der Waals surface area contributed by atoms with E-state index in [2.05, 4.69) is 10.4 Å². The molecule has 1 aromatic carbocycles. The molecule has 2 heterocycles. The number of nitrogens with one attached hydrogen (secondary N) is 1. The predicted molar refractivity (Wildman–Crippen MR) is 147 cm³/mol. The van der Waals surface area contributed by atoms with E-state index >= 15 is 0 Å². The van der Waals surface area contributed by atoms with Gasteiger partial charge in [0, 0.05) is 43.2 Å². The number of hydrogen-bond donors (Lipinski definition) is 3. The fourth-order valence-electron chi connectivity index (χ4n) is 5.56. The van der Waals surface area contributed by atoms with Crippen molar-refractivity contribution in [2.75, 3.05) is 13.1 Å². The van der Waals surface area contributed by atoms with Crippen LogP contribution < -0.4 is 5.32 Å². The molecular formula is C29H35F7N4O5. The van der Waals surface area contributed by atoms with Crippen LogP contribution >= 0.6 is 0 Å². The van der Waals surface area contributed by atoms with E-state index in [1.54, 1.807) is 28.6 Å². The summed E-state index contributed by atoms with van der Waals surface area (Å²) in [4.78, 5) is 35.3. The Balaban J connectivity index is 0.000000707. The van der Waals surface area contributed by atoms with Crippen LogP contribution in [0.15, 0.2) is 30.3 Å². The van der Waals surface area contributed by atoms with Gasteiger partial charge in [0.05, 0.1) is 18.2 Å². The first kappa shape index (κ1) is 35.8. The van der Waals surface area contributed by atoms with Crippen molar-refractivity contribution in [1.29, 1.82) is 0 Å². The van der Waals surface area contributed by atoms with Crippen LogP contribution in [0, 0.1) is 0 Å². The maximum Gasteiger partial charge on any atom is 0.490 e. The third-order valence-electron chi connectivity index (χ3n) is 7.77. The van der Waals surface area contributed by atoms with Gasteiger partial charge in [0.15, 0.2) is 5.69 Å². The van der Waals surface area contributed by atoms with Gasteiger partial charge in [-0.05, 0) is 32.3 Å². The summed E-state index contributed by atoms with van der Waals surface area (Å²) in [6, 6.07) is 6.37. The summed E-state index contributed by atoms with van der Waals surface area (Å²) in [5.74, 6) is -7.63. The summed E-state index contributed by atoms with van der Waals surface area (Å²) in [6.07, 6.45) is -4.96. The smallest absolute Gasteiger partial charge is 0.481 e. The third kappa shape index (κ3) is 9.65. The summed E-state index contributed by atoms with van der Waals surface area (Å²) < 4.78 is 89.6. The quantitative estimate of drug-likeness (QED) is 0.279. The molecule has 2 fully saturated rings. The molecule has 2 aromatic rings. The van der Waals surface area contributed by atoms with Crippen LogP contribution in [-0.2, 0) is 15.5 Å². The second kappa shape index (κ2) is 14.6. The molecule has 250 valence electrons. The monoisotopic (exact) mass is 652 g/mol. The minimum absolute atomic E-state index is 0.00187. The summed E-state index contributed by atoms with van der Waals surface area (Å²) in [6.45, 7) is 2.38. The van der Waals surface area contributed by atoms with Crippen molar-refractivity contribution >= 4 is 17.8 Å². The molecule has 0 bridgehead atoms. The van der Waals surface area contributed by atoms with Crippen LogP contribution in [0.4, 0.5) is 30.7 Å². The fraction of sp³-hybridized carbons (Fsp3) is 0.586. The zero-order chi connectivity index (χ0) is 33.7. The number of halogens is 7. The highest BCUT2D eigenvalue weighted by Gasteiger charge is 2.38. The average Bonchev–Trinajstić information content (AvgIpc) is 3.68. The predicted octanol–water partition coefficient (Wildman–Crippen LogP) is 5.75. The van der Waals surface area contributed by atoms with Crippen molar-refractivity contribution in [3.8, 4) is 11.3 Å². The third-order valence-corrected chi connectivity index (χ3v) is 7.77. The van der Waals surface area contributed by atoms with Gasteiger partial charge >= 0.3 is 18.1 Å². The maximum atomic E-state index is 14.5. The number of nitrogens with zero attached hydrogens (tertiary/aromatic N) is 3. The van der Waals surface area contributed by atoms with E-state index in [1.807, 2.05) is 0 Å². The van der Waals surface area contributed by atoms with Crippen molar-refractivity contribution in [3.05, 3.63) is 41.6 Å². The van der Waals surface area contributed by atoms with E-state index in [-0.39, 0.29) is 54.8 Å². The molecule has 16 heteroatoms. The lowest BCUT2D eigenvalue weighted by Crippen LogP contribution is -2.42. The van der Waals surface area contributed by atoms with Gasteiger partial charge in [-0.15, -0.1) is 0 Å². The Morgan fingerprint density at radius 3 is 2.09 bits per heavy atom. The fourth-order valence-corrected chi connectivity index (χ4v) is 5.56. The molecule has 4 rings (SSSR count). The van der Waals surface area contributed by atoms with Crippen LogP contribution in [0.3, 0.4) is 0 Å². The Labute approximate surface area is 254 Å². The largest absolute Gasteiger partial charge is 0.490 e. The van der Waals surface area contributed by atoms with Gasteiger partial charge in [0.2, 0.25) is 0 Å². The van der Waals surface area contributed by atoms with Gasteiger partial charge in [-0.1, -0.05) is 37.1 Å². The first-order valence-electron chi connectivity index (χ1n) is 14.3. The van der Waals surface area contributed by atoms with Gasteiger partial charge < -0.3 is 15.5 Å². The highest BCUT2D eigenvalue weighted by Crippen LogP contribution is 2.39. The summed E-state index contributed by atoms with van der Waals surface area (Å²) in [5.41, 5.74) is 0.511. The molecule has 9 nitrogen and oxygen atoms in total. The first-order chi connectivity index (χ1) is 20.9. The molecule has 1 aliphatic carbocycles. The number of benzene rings is 1. The lowest BCUT2D eigenvalue weighted by atomic mass is 9.99. The number of carbonyl (C=O) groups excluding carboxylic acids is 1. The molecule has 1 saturated heterocycles. The standard InChI is InChI=1S/C27H34F4N4O3.C2HF3O2/c1-16(34-14-21(28)22(29)15-34)11-17(12-25(36)37)32-26(38)23-13-24(35(33-23)18-7-3-4-8-18)19-9-5-6-10-20(19)27(2,30)31;3-2(4,5)1(6)7/h5-6,9-10,13,16-18,21-22H,3-4,7-8,11-12,14-15H2,1-2H3,(H,32,38)(H,36,37);(H,6,7)/t16?,17-,21+,22+;/m0./s1. The van der Waals surface area contributed by atoms with E-state index in [1.165, 1.54) is 18.2 Å². The number of amides is 1. The lowest BCUT2D eigenvalue weighted by Gasteiger charge is -2.27. The van der Waals surface area contributed by atoms with Crippen LogP contribution in [0.5, 0.6) is 0 Å². The van der Waals surface area contributed by atoms with E-state index in [4.69, 9.17) is 9.90 Å². The Kier molecular flexibility index (Phi) is 11.6.